The highest BCUT2D eigenvalue weighted by atomic mass is 14.9. The molecule has 0 aliphatic heterocycles. The molecule has 0 saturated heterocycles. The van der Waals surface area contributed by atoms with E-state index in [1.165, 1.54) is 18.5 Å². The van der Waals surface area contributed by atoms with E-state index in [0.717, 1.165) is 12.1 Å². The quantitative estimate of drug-likeness (QED) is 0.741. The lowest BCUT2D eigenvalue weighted by molar-refractivity contribution is 0.844. The van der Waals surface area contributed by atoms with Crippen LogP contribution in [0, 0.1) is 12.1 Å². The standard InChI is InChI=1S/C13H13N/c1-2-5-9-12(8-4-1)14-13-10-6-3-7-11-13/h1,4,6,8,10-11,14H,2,5,9H2. The van der Waals surface area contributed by atoms with E-state index in [9.17, 15) is 0 Å². The van der Waals surface area contributed by atoms with Gasteiger partial charge in [-0.3, -0.25) is 0 Å². The van der Waals surface area contributed by atoms with Gasteiger partial charge in [-0.05, 0) is 37.5 Å². The number of hydrogen-bond acceptors (Lipinski definition) is 1. The summed E-state index contributed by atoms with van der Waals surface area (Å²) in [7, 11) is 0. The molecule has 0 atom stereocenters. The highest BCUT2D eigenvalue weighted by Crippen LogP contribution is 2.15. The Morgan fingerprint density at radius 1 is 1.29 bits per heavy atom. The zero-order valence-electron chi connectivity index (χ0n) is 8.09. The average Bonchev–Trinajstić information content (AvgIpc) is 2.48. The van der Waals surface area contributed by atoms with Crippen molar-refractivity contribution in [2.24, 2.45) is 0 Å². The highest BCUT2D eigenvalue weighted by molar-refractivity contribution is 5.47. The molecule has 0 heterocycles. The summed E-state index contributed by atoms with van der Waals surface area (Å²) in [5, 5.41) is 3.38. The Balaban J connectivity index is 2.04. The molecule has 70 valence electrons. The molecule has 0 amide bonds. The van der Waals surface area contributed by atoms with E-state index in [0.29, 0.717) is 0 Å². The summed E-state index contributed by atoms with van der Waals surface area (Å²) in [5.41, 5.74) is 2.36. The molecule has 1 aliphatic rings. The number of hydrogen-bond donors (Lipinski definition) is 1. The summed E-state index contributed by atoms with van der Waals surface area (Å²) >= 11 is 0. The molecule has 0 radical (unpaired) electrons. The number of rotatable bonds is 2. The SMILES string of the molecule is c1ccc(NC2=CC=CCCC2)cc#1. The summed E-state index contributed by atoms with van der Waals surface area (Å²) in [6.45, 7) is 0. The summed E-state index contributed by atoms with van der Waals surface area (Å²) in [6, 6.07) is 11.6. The van der Waals surface area contributed by atoms with E-state index in [4.69, 9.17) is 0 Å². The Morgan fingerprint density at radius 3 is 3.14 bits per heavy atom. The molecule has 0 saturated carbocycles. The normalized spacial score (nSPS) is 15.3. The van der Waals surface area contributed by atoms with Crippen molar-refractivity contribution < 1.29 is 0 Å². The maximum atomic E-state index is 3.38. The van der Waals surface area contributed by atoms with Crippen LogP contribution in [0.2, 0.25) is 0 Å². The summed E-state index contributed by atoms with van der Waals surface area (Å²) in [5.74, 6) is 0. The van der Waals surface area contributed by atoms with E-state index < -0.39 is 0 Å². The number of allylic oxidation sites excluding steroid dienone is 4. The lowest BCUT2D eigenvalue weighted by atomic mass is 10.2. The Bertz CT molecular complexity index is 336. The average molecular weight is 183 g/mol. The first-order chi connectivity index (χ1) is 6.95. The highest BCUT2D eigenvalue weighted by Gasteiger charge is 1.98. The molecule has 1 aromatic carbocycles. The van der Waals surface area contributed by atoms with Crippen LogP contribution in [0.5, 0.6) is 0 Å². The molecule has 1 heteroatoms. The second kappa shape index (κ2) is 4.53. The van der Waals surface area contributed by atoms with Gasteiger partial charge < -0.3 is 5.32 Å². The Kier molecular flexibility index (Phi) is 2.88. The van der Waals surface area contributed by atoms with Crippen molar-refractivity contribution in [2.75, 3.05) is 5.32 Å². The fraction of sp³-hybridized carbons (Fsp3) is 0.231. The van der Waals surface area contributed by atoms with Gasteiger partial charge in [-0.25, -0.2) is 0 Å². The van der Waals surface area contributed by atoms with Crippen molar-refractivity contribution in [3.05, 3.63) is 54.3 Å². The van der Waals surface area contributed by atoms with Gasteiger partial charge in [0.1, 0.15) is 0 Å². The zero-order chi connectivity index (χ0) is 9.64. The fourth-order valence-corrected chi connectivity index (χ4v) is 1.49. The predicted octanol–water partition coefficient (Wildman–Crippen LogP) is 3.32. The van der Waals surface area contributed by atoms with Crippen molar-refractivity contribution in [2.45, 2.75) is 19.3 Å². The Labute approximate surface area is 85.2 Å². The second-order valence-corrected chi connectivity index (χ2v) is 3.36. The molecule has 1 aromatic rings. The topological polar surface area (TPSA) is 12.0 Å². The van der Waals surface area contributed by atoms with E-state index >= 15 is 0 Å². The minimum Gasteiger partial charge on any atom is -0.358 e. The smallest absolute Gasteiger partial charge is 0.0473 e. The van der Waals surface area contributed by atoms with Gasteiger partial charge in [0.2, 0.25) is 0 Å². The van der Waals surface area contributed by atoms with Crippen LogP contribution in [0.4, 0.5) is 5.69 Å². The summed E-state index contributed by atoms with van der Waals surface area (Å²) in [6.07, 6.45) is 9.98. The monoisotopic (exact) mass is 183 g/mol. The van der Waals surface area contributed by atoms with E-state index in [2.05, 4.69) is 35.7 Å². The lowest BCUT2D eigenvalue weighted by Crippen LogP contribution is -1.97. The third-order valence-corrected chi connectivity index (χ3v) is 2.21. The lowest BCUT2D eigenvalue weighted by Gasteiger charge is -2.07. The molecular weight excluding hydrogens is 170 g/mol. The van der Waals surface area contributed by atoms with Gasteiger partial charge >= 0.3 is 0 Å². The van der Waals surface area contributed by atoms with Crippen LogP contribution in [0.1, 0.15) is 19.3 Å². The van der Waals surface area contributed by atoms with Crippen molar-refractivity contribution >= 4 is 5.69 Å². The first-order valence-corrected chi connectivity index (χ1v) is 4.96. The molecule has 1 aliphatic carbocycles. The van der Waals surface area contributed by atoms with E-state index in [1.54, 1.807) is 0 Å². The fourth-order valence-electron chi connectivity index (χ4n) is 1.49. The summed E-state index contributed by atoms with van der Waals surface area (Å²) < 4.78 is 0. The summed E-state index contributed by atoms with van der Waals surface area (Å²) in [4.78, 5) is 0. The molecule has 2 rings (SSSR count). The van der Waals surface area contributed by atoms with Crippen molar-refractivity contribution in [1.29, 1.82) is 0 Å². The molecule has 0 unspecified atom stereocenters. The molecule has 0 bridgehead atoms. The van der Waals surface area contributed by atoms with Crippen LogP contribution in [-0.4, -0.2) is 0 Å². The molecule has 14 heavy (non-hydrogen) atoms. The van der Waals surface area contributed by atoms with Gasteiger partial charge in [-0.15, -0.1) is 0 Å². The first-order valence-electron chi connectivity index (χ1n) is 4.96. The van der Waals surface area contributed by atoms with Crippen molar-refractivity contribution in [1.82, 2.24) is 0 Å². The number of anilines is 1. The van der Waals surface area contributed by atoms with Gasteiger partial charge in [-0.1, -0.05) is 24.3 Å². The Hall–Kier alpha value is -1.68. The van der Waals surface area contributed by atoms with E-state index in [-0.39, 0.29) is 0 Å². The van der Waals surface area contributed by atoms with Gasteiger partial charge in [0.05, 0.1) is 0 Å². The van der Waals surface area contributed by atoms with Crippen LogP contribution >= 0.6 is 0 Å². The molecule has 0 aromatic heterocycles. The van der Waals surface area contributed by atoms with Gasteiger partial charge in [0.15, 0.2) is 0 Å². The predicted molar refractivity (Wildman–Crippen MR) is 58.8 cm³/mol. The second-order valence-electron chi connectivity index (χ2n) is 3.36. The van der Waals surface area contributed by atoms with Gasteiger partial charge in [0.25, 0.3) is 0 Å². The van der Waals surface area contributed by atoms with Crippen LogP contribution in [0.15, 0.2) is 42.1 Å². The maximum Gasteiger partial charge on any atom is 0.0473 e. The molecule has 0 spiro atoms. The minimum absolute atomic E-state index is 1.09. The zero-order valence-corrected chi connectivity index (χ0v) is 8.09. The Morgan fingerprint density at radius 2 is 2.29 bits per heavy atom. The minimum atomic E-state index is 1.09. The van der Waals surface area contributed by atoms with Gasteiger partial charge in [-0.2, -0.15) is 0 Å². The first kappa shape index (κ1) is 8.90. The third kappa shape index (κ3) is 2.40. The number of nitrogens with one attached hydrogen (secondary N) is 1. The molecule has 1 nitrogen and oxygen atoms in total. The van der Waals surface area contributed by atoms with Crippen LogP contribution < -0.4 is 5.32 Å². The van der Waals surface area contributed by atoms with Crippen LogP contribution in [-0.2, 0) is 0 Å². The van der Waals surface area contributed by atoms with Crippen LogP contribution in [0.3, 0.4) is 0 Å². The van der Waals surface area contributed by atoms with Gasteiger partial charge in [0, 0.05) is 17.5 Å². The molecular formula is C13H13N. The van der Waals surface area contributed by atoms with Crippen LogP contribution in [0.25, 0.3) is 0 Å². The van der Waals surface area contributed by atoms with Crippen molar-refractivity contribution in [3.63, 3.8) is 0 Å². The maximum absolute atomic E-state index is 3.38. The van der Waals surface area contributed by atoms with Crippen molar-refractivity contribution in [3.8, 4) is 0 Å². The third-order valence-electron chi connectivity index (χ3n) is 2.21. The molecule has 0 fully saturated rings. The van der Waals surface area contributed by atoms with E-state index in [1.807, 2.05) is 18.2 Å². The molecule has 1 N–H and O–H groups in total. The largest absolute Gasteiger partial charge is 0.358 e.